The lowest BCUT2D eigenvalue weighted by molar-refractivity contribution is -0.159. The maximum atomic E-state index is 9.10. The quantitative estimate of drug-likeness (QED) is 0.607. The minimum absolute atomic E-state index is 0.709. The molecule has 5 N–H and O–H groups in total. The van der Waals surface area contributed by atoms with Gasteiger partial charge in [0.25, 0.3) is 0 Å². The predicted octanol–water partition coefficient (Wildman–Crippen LogP) is 1.13. The van der Waals surface area contributed by atoms with Gasteiger partial charge in [-0.1, -0.05) is 18.2 Å². The standard InChI is InChI=1S/C11H14N2.C2H2O4/c1-8-3-2-4-10-9(5-6-12)7-13-11(8)10;3-1(4)2(5)6/h2-4,7,13H,5-6,12H2,1H3;(H,3,4)(H,5,6). The Morgan fingerprint density at radius 3 is 2.42 bits per heavy atom. The van der Waals surface area contributed by atoms with Crippen LogP contribution in [-0.4, -0.2) is 33.7 Å². The number of nitrogens with one attached hydrogen (secondary N) is 1. The molecule has 0 aliphatic carbocycles. The molecule has 1 aromatic carbocycles. The van der Waals surface area contributed by atoms with E-state index in [4.69, 9.17) is 25.5 Å². The molecule has 0 radical (unpaired) electrons. The van der Waals surface area contributed by atoms with Gasteiger partial charge in [-0.25, -0.2) is 9.59 Å². The smallest absolute Gasteiger partial charge is 0.414 e. The Bertz CT molecular complexity index is 577. The lowest BCUT2D eigenvalue weighted by atomic mass is 10.1. The van der Waals surface area contributed by atoms with E-state index in [0.29, 0.717) is 6.54 Å². The van der Waals surface area contributed by atoms with Crippen molar-refractivity contribution in [1.29, 1.82) is 0 Å². The van der Waals surface area contributed by atoms with E-state index in [-0.39, 0.29) is 0 Å². The number of aryl methyl sites for hydroxylation is 1. The number of para-hydroxylation sites is 1. The first-order valence-electron chi connectivity index (χ1n) is 5.69. The zero-order valence-electron chi connectivity index (χ0n) is 10.5. The van der Waals surface area contributed by atoms with Gasteiger partial charge >= 0.3 is 11.9 Å². The Morgan fingerprint density at radius 2 is 1.89 bits per heavy atom. The number of aromatic amines is 1. The van der Waals surface area contributed by atoms with Gasteiger partial charge in [-0.3, -0.25) is 0 Å². The Kier molecular flexibility index (Phi) is 5.08. The maximum absolute atomic E-state index is 9.10. The molecule has 0 amide bonds. The van der Waals surface area contributed by atoms with Crippen molar-refractivity contribution in [3.63, 3.8) is 0 Å². The molecule has 0 aliphatic heterocycles. The molecular weight excluding hydrogens is 248 g/mol. The van der Waals surface area contributed by atoms with E-state index in [1.54, 1.807) is 0 Å². The molecule has 1 aromatic heterocycles. The summed E-state index contributed by atoms with van der Waals surface area (Å²) in [5.41, 5.74) is 9.39. The third kappa shape index (κ3) is 3.82. The first-order chi connectivity index (χ1) is 8.97. The summed E-state index contributed by atoms with van der Waals surface area (Å²) in [5.74, 6) is -3.65. The van der Waals surface area contributed by atoms with Gasteiger partial charge < -0.3 is 20.9 Å². The van der Waals surface area contributed by atoms with Crippen LogP contribution in [0.5, 0.6) is 0 Å². The number of fused-ring (bicyclic) bond motifs is 1. The first-order valence-corrected chi connectivity index (χ1v) is 5.69. The normalized spacial score (nSPS) is 9.79. The van der Waals surface area contributed by atoms with Gasteiger partial charge in [-0.15, -0.1) is 0 Å². The third-order valence-electron chi connectivity index (χ3n) is 2.61. The molecule has 0 bridgehead atoms. The van der Waals surface area contributed by atoms with Crippen molar-refractivity contribution < 1.29 is 19.8 Å². The van der Waals surface area contributed by atoms with E-state index in [1.807, 2.05) is 0 Å². The zero-order chi connectivity index (χ0) is 14.4. The molecule has 2 rings (SSSR count). The van der Waals surface area contributed by atoms with Crippen molar-refractivity contribution in [3.8, 4) is 0 Å². The number of carboxylic acid groups (broad SMARTS) is 2. The van der Waals surface area contributed by atoms with Crippen LogP contribution in [0.3, 0.4) is 0 Å². The molecule has 0 atom stereocenters. The highest BCUT2D eigenvalue weighted by Crippen LogP contribution is 2.20. The van der Waals surface area contributed by atoms with Gasteiger partial charge in [-0.05, 0) is 31.0 Å². The number of carbonyl (C=O) groups is 2. The second-order valence-electron chi connectivity index (χ2n) is 3.96. The zero-order valence-corrected chi connectivity index (χ0v) is 10.5. The van der Waals surface area contributed by atoms with Crippen LogP contribution in [0.25, 0.3) is 10.9 Å². The summed E-state index contributed by atoms with van der Waals surface area (Å²) in [5, 5.41) is 16.1. The van der Waals surface area contributed by atoms with E-state index in [2.05, 4.69) is 36.3 Å². The fourth-order valence-corrected chi connectivity index (χ4v) is 1.73. The number of benzene rings is 1. The Labute approximate surface area is 109 Å². The largest absolute Gasteiger partial charge is 0.473 e. The fraction of sp³-hybridized carbons (Fsp3) is 0.231. The fourth-order valence-electron chi connectivity index (χ4n) is 1.73. The van der Waals surface area contributed by atoms with Crippen LogP contribution in [0, 0.1) is 6.92 Å². The number of aromatic nitrogens is 1. The van der Waals surface area contributed by atoms with Crippen molar-refractivity contribution in [3.05, 3.63) is 35.5 Å². The summed E-state index contributed by atoms with van der Waals surface area (Å²) >= 11 is 0. The highest BCUT2D eigenvalue weighted by molar-refractivity contribution is 6.27. The molecule has 102 valence electrons. The Morgan fingerprint density at radius 1 is 1.26 bits per heavy atom. The highest BCUT2D eigenvalue weighted by Gasteiger charge is 2.04. The number of hydrogen-bond acceptors (Lipinski definition) is 3. The molecule has 1 heterocycles. The summed E-state index contributed by atoms with van der Waals surface area (Å²) in [6.45, 7) is 2.83. The van der Waals surface area contributed by atoms with Crippen molar-refractivity contribution >= 4 is 22.8 Å². The van der Waals surface area contributed by atoms with Gasteiger partial charge in [0.2, 0.25) is 0 Å². The number of rotatable bonds is 2. The molecule has 0 fully saturated rings. The average molecular weight is 264 g/mol. The van der Waals surface area contributed by atoms with Crippen molar-refractivity contribution in [1.82, 2.24) is 4.98 Å². The molecule has 0 aliphatic rings. The van der Waals surface area contributed by atoms with Crippen LogP contribution in [0.15, 0.2) is 24.4 Å². The van der Waals surface area contributed by atoms with Crippen LogP contribution >= 0.6 is 0 Å². The second kappa shape index (κ2) is 6.55. The first kappa shape index (κ1) is 14.7. The van der Waals surface area contributed by atoms with Gasteiger partial charge in [0.15, 0.2) is 0 Å². The molecule has 0 unspecified atom stereocenters. The lowest BCUT2D eigenvalue weighted by Gasteiger charge is -1.97. The van der Waals surface area contributed by atoms with Crippen LogP contribution in [0.2, 0.25) is 0 Å². The maximum Gasteiger partial charge on any atom is 0.414 e. The SMILES string of the molecule is Cc1cccc2c(CCN)c[nH]c12.O=C(O)C(=O)O. The van der Waals surface area contributed by atoms with Gasteiger partial charge in [0, 0.05) is 17.1 Å². The van der Waals surface area contributed by atoms with Gasteiger partial charge in [0.05, 0.1) is 0 Å². The minimum atomic E-state index is -1.82. The molecule has 6 nitrogen and oxygen atoms in total. The molecule has 19 heavy (non-hydrogen) atoms. The summed E-state index contributed by atoms with van der Waals surface area (Å²) in [7, 11) is 0. The number of carboxylic acids is 2. The summed E-state index contributed by atoms with van der Waals surface area (Å²) in [6, 6.07) is 6.35. The van der Waals surface area contributed by atoms with E-state index < -0.39 is 11.9 Å². The monoisotopic (exact) mass is 264 g/mol. The van der Waals surface area contributed by atoms with Gasteiger partial charge in [0.1, 0.15) is 0 Å². The number of H-pyrrole nitrogens is 1. The van der Waals surface area contributed by atoms with E-state index in [9.17, 15) is 0 Å². The van der Waals surface area contributed by atoms with Crippen molar-refractivity contribution in [2.75, 3.05) is 6.54 Å². The third-order valence-corrected chi connectivity index (χ3v) is 2.61. The van der Waals surface area contributed by atoms with E-state index >= 15 is 0 Å². The van der Waals surface area contributed by atoms with E-state index in [1.165, 1.54) is 22.0 Å². The molecule has 6 heteroatoms. The van der Waals surface area contributed by atoms with Gasteiger partial charge in [-0.2, -0.15) is 0 Å². The van der Waals surface area contributed by atoms with Crippen LogP contribution in [0.4, 0.5) is 0 Å². The molecular formula is C13H16N2O4. The predicted molar refractivity (Wildman–Crippen MR) is 71.1 cm³/mol. The molecule has 0 spiro atoms. The number of nitrogens with two attached hydrogens (primary N) is 1. The molecule has 2 aromatic rings. The Hall–Kier alpha value is -2.34. The second-order valence-corrected chi connectivity index (χ2v) is 3.96. The van der Waals surface area contributed by atoms with E-state index in [0.717, 1.165) is 6.42 Å². The summed E-state index contributed by atoms with van der Waals surface area (Å²) in [4.78, 5) is 21.5. The van der Waals surface area contributed by atoms with Crippen LogP contribution in [-0.2, 0) is 16.0 Å². The lowest BCUT2D eigenvalue weighted by Crippen LogP contribution is -2.09. The minimum Gasteiger partial charge on any atom is -0.473 e. The van der Waals surface area contributed by atoms with Crippen molar-refractivity contribution in [2.45, 2.75) is 13.3 Å². The average Bonchev–Trinajstić information content (AvgIpc) is 2.75. The summed E-state index contributed by atoms with van der Waals surface area (Å²) < 4.78 is 0. The number of aliphatic carboxylic acids is 2. The van der Waals surface area contributed by atoms with Crippen molar-refractivity contribution in [2.24, 2.45) is 5.73 Å². The summed E-state index contributed by atoms with van der Waals surface area (Å²) in [6.07, 6.45) is 3.01. The van der Waals surface area contributed by atoms with Crippen LogP contribution in [0.1, 0.15) is 11.1 Å². The number of hydrogen-bond donors (Lipinski definition) is 4. The molecule has 0 saturated heterocycles. The Balaban J connectivity index is 0.000000258. The van der Waals surface area contributed by atoms with Crippen LogP contribution < -0.4 is 5.73 Å². The highest BCUT2D eigenvalue weighted by atomic mass is 16.4. The topological polar surface area (TPSA) is 116 Å². The molecule has 0 saturated carbocycles.